The molecule has 0 aromatic heterocycles. The van der Waals surface area contributed by atoms with Gasteiger partial charge in [-0.05, 0) is 123 Å². The van der Waals surface area contributed by atoms with Crippen LogP contribution < -0.4 is 0 Å². The van der Waals surface area contributed by atoms with E-state index in [0.717, 1.165) is 0 Å². The lowest BCUT2D eigenvalue weighted by Gasteiger charge is -2.32. The SMILES string of the molecule is CC(c1ccccc1)(c1ccccc1)c1ccc(-c2cc3c(-c4ccccc4)c4c5cccc6cccc(c65)c4c4c5ccccc5c(c2)c34)cc1. The molecule has 0 heterocycles. The van der Waals surface area contributed by atoms with Crippen LogP contribution in [0.25, 0.3) is 86.9 Å². The first-order chi connectivity index (χ1) is 25.7. The Morgan fingerprint density at radius 1 is 0.288 bits per heavy atom. The molecule has 52 heavy (non-hydrogen) atoms. The molecule has 0 bridgehead atoms. The number of hydrogen-bond donors (Lipinski definition) is 0. The van der Waals surface area contributed by atoms with Gasteiger partial charge in [0.2, 0.25) is 0 Å². The normalized spacial score (nSPS) is 12.3. The van der Waals surface area contributed by atoms with Gasteiger partial charge in [0.25, 0.3) is 0 Å². The van der Waals surface area contributed by atoms with Crippen LogP contribution in [0.4, 0.5) is 0 Å². The Morgan fingerprint density at radius 2 is 0.788 bits per heavy atom. The predicted octanol–water partition coefficient (Wildman–Crippen LogP) is 14.2. The van der Waals surface area contributed by atoms with Gasteiger partial charge in [0.05, 0.1) is 0 Å². The molecule has 0 radical (unpaired) electrons. The summed E-state index contributed by atoms with van der Waals surface area (Å²) in [6.07, 6.45) is 0. The van der Waals surface area contributed by atoms with Crippen LogP contribution in [0.5, 0.6) is 0 Å². The van der Waals surface area contributed by atoms with E-state index in [1.54, 1.807) is 0 Å². The molecule has 0 heteroatoms. The van der Waals surface area contributed by atoms with Crippen LogP contribution in [-0.4, -0.2) is 0 Å². The fraction of sp³-hybridized carbons (Fsp3) is 0.0385. The first-order valence-electron chi connectivity index (χ1n) is 18.3. The van der Waals surface area contributed by atoms with Crippen molar-refractivity contribution in [2.75, 3.05) is 0 Å². The van der Waals surface area contributed by atoms with E-state index in [1.165, 1.54) is 104 Å². The third-order valence-corrected chi connectivity index (χ3v) is 11.9. The Kier molecular flexibility index (Phi) is 6.19. The van der Waals surface area contributed by atoms with Gasteiger partial charge in [-0.3, -0.25) is 0 Å². The third-order valence-electron chi connectivity index (χ3n) is 11.9. The third kappa shape index (κ3) is 3.98. The van der Waals surface area contributed by atoms with E-state index in [0.29, 0.717) is 0 Å². The van der Waals surface area contributed by atoms with Crippen LogP contribution in [0.1, 0.15) is 23.6 Å². The lowest BCUT2D eigenvalue weighted by molar-refractivity contribution is 0.692. The second kappa shape index (κ2) is 11.0. The summed E-state index contributed by atoms with van der Waals surface area (Å²) >= 11 is 0. The van der Waals surface area contributed by atoms with Gasteiger partial charge in [-0.2, -0.15) is 0 Å². The van der Waals surface area contributed by atoms with Crippen LogP contribution in [0, 0.1) is 0 Å². The highest BCUT2D eigenvalue weighted by atomic mass is 14.3. The Bertz CT molecular complexity index is 3040. The first-order valence-corrected chi connectivity index (χ1v) is 18.3. The van der Waals surface area contributed by atoms with Gasteiger partial charge >= 0.3 is 0 Å². The zero-order valence-corrected chi connectivity index (χ0v) is 28.9. The average molecular weight is 659 g/mol. The van der Waals surface area contributed by atoms with E-state index in [1.807, 2.05) is 0 Å². The summed E-state index contributed by atoms with van der Waals surface area (Å²) in [4.78, 5) is 0. The summed E-state index contributed by atoms with van der Waals surface area (Å²) in [5.74, 6) is 0. The summed E-state index contributed by atoms with van der Waals surface area (Å²) in [5, 5.41) is 16.1. The van der Waals surface area contributed by atoms with Crippen LogP contribution in [-0.2, 0) is 5.41 Å². The van der Waals surface area contributed by atoms with Crippen molar-refractivity contribution >= 4 is 64.6 Å². The van der Waals surface area contributed by atoms with Crippen molar-refractivity contribution in [3.05, 3.63) is 205 Å². The monoisotopic (exact) mass is 658 g/mol. The van der Waals surface area contributed by atoms with Gasteiger partial charge in [0, 0.05) is 5.41 Å². The summed E-state index contributed by atoms with van der Waals surface area (Å²) in [6.45, 7) is 2.35. The molecule has 0 unspecified atom stereocenters. The van der Waals surface area contributed by atoms with Gasteiger partial charge in [-0.25, -0.2) is 0 Å². The Morgan fingerprint density at radius 3 is 1.44 bits per heavy atom. The van der Waals surface area contributed by atoms with Crippen molar-refractivity contribution in [1.29, 1.82) is 0 Å². The van der Waals surface area contributed by atoms with Crippen molar-refractivity contribution in [1.82, 2.24) is 0 Å². The molecule has 0 N–H and O–H groups in total. The molecule has 0 saturated carbocycles. The van der Waals surface area contributed by atoms with Gasteiger partial charge in [0.15, 0.2) is 0 Å². The molecule has 0 saturated heterocycles. The molecule has 0 amide bonds. The predicted molar refractivity (Wildman–Crippen MR) is 223 cm³/mol. The minimum absolute atomic E-state index is 0.288. The molecule has 0 nitrogen and oxygen atoms in total. The number of rotatable bonds is 5. The van der Waals surface area contributed by atoms with Crippen molar-refractivity contribution in [2.24, 2.45) is 0 Å². The molecule has 0 aliphatic heterocycles. The van der Waals surface area contributed by atoms with Gasteiger partial charge < -0.3 is 0 Å². The van der Waals surface area contributed by atoms with Crippen LogP contribution in [0.15, 0.2) is 188 Å². The van der Waals surface area contributed by atoms with Crippen LogP contribution >= 0.6 is 0 Å². The molecular weight excluding hydrogens is 625 g/mol. The summed E-state index contributed by atoms with van der Waals surface area (Å²) in [7, 11) is 0. The zero-order valence-electron chi connectivity index (χ0n) is 28.9. The highest BCUT2D eigenvalue weighted by Crippen LogP contribution is 2.54. The fourth-order valence-electron chi connectivity index (χ4n) is 9.44. The maximum absolute atomic E-state index is 2.47. The lowest BCUT2D eigenvalue weighted by atomic mass is 9.71. The smallest absolute Gasteiger partial charge is 0.0423 e. The van der Waals surface area contributed by atoms with Gasteiger partial charge in [-0.15, -0.1) is 0 Å². The minimum atomic E-state index is -0.288. The van der Waals surface area contributed by atoms with Crippen molar-refractivity contribution < 1.29 is 0 Å². The van der Waals surface area contributed by atoms with E-state index in [9.17, 15) is 0 Å². The van der Waals surface area contributed by atoms with Gasteiger partial charge in [0.1, 0.15) is 0 Å². The van der Waals surface area contributed by atoms with E-state index in [4.69, 9.17) is 0 Å². The standard InChI is InChI=1S/C52H34/c1-52(37-19-7-3-8-20-37,38-21-9-4-10-22-38)39-29-27-33(28-30-39)36-31-44-40-23-11-12-24-41(40)49-48(44)45(32-36)47(35-15-5-2-6-16-35)50-42-25-13-17-34-18-14-26-43(46(34)42)51(49)50/h2-32H,1H3. The molecule has 0 aliphatic rings. The molecule has 0 spiro atoms. The summed E-state index contributed by atoms with van der Waals surface area (Å²) in [6, 6.07) is 69.8. The molecule has 0 aliphatic carbocycles. The number of hydrogen-bond acceptors (Lipinski definition) is 0. The van der Waals surface area contributed by atoms with Crippen LogP contribution in [0.2, 0.25) is 0 Å². The molecule has 11 rings (SSSR count). The fourth-order valence-corrected chi connectivity index (χ4v) is 9.44. The molecule has 0 fully saturated rings. The Balaban J connectivity index is 1.23. The first kappa shape index (κ1) is 29.3. The van der Waals surface area contributed by atoms with Crippen molar-refractivity contribution in [3.63, 3.8) is 0 Å². The second-order valence-corrected chi connectivity index (χ2v) is 14.5. The lowest BCUT2D eigenvalue weighted by Crippen LogP contribution is -2.25. The van der Waals surface area contributed by atoms with E-state index in [2.05, 4.69) is 195 Å². The van der Waals surface area contributed by atoms with E-state index >= 15 is 0 Å². The molecule has 0 atom stereocenters. The van der Waals surface area contributed by atoms with Crippen molar-refractivity contribution in [2.45, 2.75) is 12.3 Å². The topological polar surface area (TPSA) is 0 Å². The zero-order chi connectivity index (χ0) is 34.4. The molecule has 11 aromatic rings. The highest BCUT2D eigenvalue weighted by molar-refractivity contribution is 6.48. The maximum Gasteiger partial charge on any atom is 0.0423 e. The Labute approximate surface area is 302 Å². The second-order valence-electron chi connectivity index (χ2n) is 14.5. The molecule has 242 valence electrons. The summed E-state index contributed by atoms with van der Waals surface area (Å²) in [5.41, 5.74) is 8.61. The molecule has 11 aromatic carbocycles. The average Bonchev–Trinajstić information content (AvgIpc) is 3.73. The number of fused-ring (bicyclic) bond motifs is 7. The minimum Gasteiger partial charge on any atom is -0.0622 e. The quantitative estimate of drug-likeness (QED) is 0.161. The van der Waals surface area contributed by atoms with Crippen molar-refractivity contribution in [3.8, 4) is 22.3 Å². The largest absolute Gasteiger partial charge is 0.0622 e. The van der Waals surface area contributed by atoms with E-state index < -0.39 is 0 Å². The van der Waals surface area contributed by atoms with Gasteiger partial charge in [-0.1, -0.05) is 176 Å². The maximum atomic E-state index is 2.47. The van der Waals surface area contributed by atoms with Crippen LogP contribution in [0.3, 0.4) is 0 Å². The highest BCUT2D eigenvalue weighted by Gasteiger charge is 2.31. The summed E-state index contributed by atoms with van der Waals surface area (Å²) < 4.78 is 0. The Hall–Kier alpha value is -6.50. The van der Waals surface area contributed by atoms with E-state index in [-0.39, 0.29) is 5.41 Å². The molecular formula is C52H34. The number of benzene rings is 9.